The van der Waals surface area contributed by atoms with Gasteiger partial charge in [-0.2, -0.15) is 0 Å². The number of benzene rings is 1. The summed E-state index contributed by atoms with van der Waals surface area (Å²) in [5, 5.41) is 9.77. The molecule has 0 saturated heterocycles. The molecule has 1 rings (SSSR count). The van der Waals surface area contributed by atoms with E-state index in [1.807, 2.05) is 6.07 Å². The summed E-state index contributed by atoms with van der Waals surface area (Å²) >= 11 is 0. The van der Waals surface area contributed by atoms with Gasteiger partial charge in [-0.25, -0.2) is 0 Å². The minimum Gasteiger partial charge on any atom is -0.508 e. The Morgan fingerprint density at radius 3 is 2.65 bits per heavy atom. The first-order valence-corrected chi connectivity index (χ1v) is 6.72. The van der Waals surface area contributed by atoms with E-state index >= 15 is 0 Å². The average Bonchev–Trinajstić information content (AvgIpc) is 2.34. The topological polar surface area (TPSA) is 46.2 Å². The first-order valence-electron chi connectivity index (χ1n) is 6.72. The number of aromatic hydroxyl groups is 1. The smallest absolute Gasteiger partial charge is 0.120 e. The van der Waals surface area contributed by atoms with Gasteiger partial charge in [-0.15, -0.1) is 0 Å². The number of unbranched alkanes of at least 4 members (excludes halogenated alkanes) is 1. The Morgan fingerprint density at radius 1 is 1.29 bits per heavy atom. The monoisotopic (exact) mass is 235 g/mol. The zero-order valence-corrected chi connectivity index (χ0v) is 11.1. The average molecular weight is 235 g/mol. The normalized spacial score (nSPS) is 12.6. The van der Waals surface area contributed by atoms with Crippen molar-refractivity contribution in [3.05, 3.63) is 29.3 Å². The molecule has 0 aliphatic carbocycles. The Balaban J connectivity index is 2.74. The van der Waals surface area contributed by atoms with Gasteiger partial charge in [0.05, 0.1) is 0 Å². The fourth-order valence-electron chi connectivity index (χ4n) is 2.30. The molecular formula is C15H25NO. The number of hydrogen-bond acceptors (Lipinski definition) is 2. The maximum atomic E-state index is 9.77. The minimum atomic E-state index is 0.343. The Morgan fingerprint density at radius 2 is 2.06 bits per heavy atom. The summed E-state index contributed by atoms with van der Waals surface area (Å²) in [6.45, 7) is 4.89. The Bertz CT molecular complexity index is 336. The van der Waals surface area contributed by atoms with E-state index in [9.17, 15) is 5.11 Å². The third kappa shape index (κ3) is 4.04. The predicted octanol–water partition coefficient (Wildman–Crippen LogP) is 3.61. The van der Waals surface area contributed by atoms with Crippen molar-refractivity contribution >= 4 is 0 Å². The van der Waals surface area contributed by atoms with Crippen molar-refractivity contribution < 1.29 is 5.11 Å². The van der Waals surface area contributed by atoms with Crippen LogP contribution in [0.25, 0.3) is 0 Å². The van der Waals surface area contributed by atoms with E-state index in [4.69, 9.17) is 5.73 Å². The number of phenolic OH excluding ortho intramolecular Hbond substituents is 1. The summed E-state index contributed by atoms with van der Waals surface area (Å²) in [5.74, 6) is 1.05. The fraction of sp³-hybridized carbons (Fsp3) is 0.600. The van der Waals surface area contributed by atoms with Gasteiger partial charge in [0.2, 0.25) is 0 Å². The Kier molecular flexibility index (Phi) is 6.06. The second-order valence-electron chi connectivity index (χ2n) is 4.74. The maximum absolute atomic E-state index is 9.77. The van der Waals surface area contributed by atoms with Crippen LogP contribution in [0.1, 0.15) is 50.7 Å². The molecule has 0 aromatic heterocycles. The molecule has 0 fully saturated rings. The highest BCUT2D eigenvalue weighted by atomic mass is 16.3. The highest BCUT2D eigenvalue weighted by molar-refractivity contribution is 5.39. The lowest BCUT2D eigenvalue weighted by atomic mass is 9.89. The lowest BCUT2D eigenvalue weighted by Gasteiger charge is -2.17. The molecule has 1 atom stereocenters. The Hall–Kier alpha value is -1.02. The zero-order valence-electron chi connectivity index (χ0n) is 11.1. The summed E-state index contributed by atoms with van der Waals surface area (Å²) in [5.41, 5.74) is 7.85. The lowest BCUT2D eigenvalue weighted by Crippen LogP contribution is -2.08. The van der Waals surface area contributed by atoms with Crippen molar-refractivity contribution in [3.63, 3.8) is 0 Å². The van der Waals surface area contributed by atoms with Crippen LogP contribution < -0.4 is 5.73 Å². The summed E-state index contributed by atoms with van der Waals surface area (Å²) in [6, 6.07) is 5.73. The summed E-state index contributed by atoms with van der Waals surface area (Å²) in [7, 11) is 0. The van der Waals surface area contributed by atoms with Crippen LogP contribution in [0.15, 0.2) is 18.2 Å². The number of phenols is 1. The molecule has 0 aliphatic rings. The van der Waals surface area contributed by atoms with Gasteiger partial charge in [0.15, 0.2) is 0 Å². The highest BCUT2D eigenvalue weighted by Gasteiger charge is 2.11. The standard InChI is InChI=1S/C15H25NO/c1-3-5-7-12(4-2)10-13-8-6-9-15(17)14(13)11-16/h6,8-9,12,17H,3-5,7,10-11,16H2,1-2H3. The molecule has 1 aromatic carbocycles. The quantitative estimate of drug-likeness (QED) is 0.758. The SMILES string of the molecule is CCCCC(CC)Cc1cccc(O)c1CN. The van der Waals surface area contributed by atoms with Crippen molar-refractivity contribution in [2.45, 2.75) is 52.5 Å². The third-order valence-electron chi connectivity index (χ3n) is 3.50. The molecule has 1 aromatic rings. The van der Waals surface area contributed by atoms with Crippen molar-refractivity contribution in [1.82, 2.24) is 0 Å². The molecule has 0 spiro atoms. The lowest BCUT2D eigenvalue weighted by molar-refractivity contribution is 0.441. The zero-order chi connectivity index (χ0) is 12.7. The molecule has 0 saturated carbocycles. The van der Waals surface area contributed by atoms with E-state index in [2.05, 4.69) is 19.9 Å². The molecule has 1 unspecified atom stereocenters. The van der Waals surface area contributed by atoms with Crippen molar-refractivity contribution in [2.24, 2.45) is 11.7 Å². The summed E-state index contributed by atoms with van der Waals surface area (Å²) in [6.07, 6.45) is 6.04. The van der Waals surface area contributed by atoms with Crippen LogP contribution >= 0.6 is 0 Å². The summed E-state index contributed by atoms with van der Waals surface area (Å²) < 4.78 is 0. The molecule has 2 nitrogen and oxygen atoms in total. The van der Waals surface area contributed by atoms with Crippen LogP contribution in [0.2, 0.25) is 0 Å². The molecule has 96 valence electrons. The van der Waals surface area contributed by atoms with Crippen LogP contribution in [0, 0.1) is 5.92 Å². The molecule has 17 heavy (non-hydrogen) atoms. The van der Waals surface area contributed by atoms with Crippen LogP contribution in [0.5, 0.6) is 5.75 Å². The van der Waals surface area contributed by atoms with Gasteiger partial charge in [-0.1, -0.05) is 51.7 Å². The maximum Gasteiger partial charge on any atom is 0.120 e. The van der Waals surface area contributed by atoms with Crippen molar-refractivity contribution in [3.8, 4) is 5.75 Å². The van der Waals surface area contributed by atoms with Crippen LogP contribution in [0.4, 0.5) is 0 Å². The van der Waals surface area contributed by atoms with Gasteiger partial charge < -0.3 is 10.8 Å². The van der Waals surface area contributed by atoms with Crippen molar-refractivity contribution in [2.75, 3.05) is 0 Å². The number of rotatable bonds is 7. The van der Waals surface area contributed by atoms with Gasteiger partial charge in [-0.05, 0) is 24.0 Å². The van der Waals surface area contributed by atoms with E-state index < -0.39 is 0 Å². The third-order valence-corrected chi connectivity index (χ3v) is 3.50. The van der Waals surface area contributed by atoms with Gasteiger partial charge in [0.25, 0.3) is 0 Å². The van der Waals surface area contributed by atoms with Crippen LogP contribution in [-0.2, 0) is 13.0 Å². The van der Waals surface area contributed by atoms with Crippen molar-refractivity contribution in [1.29, 1.82) is 0 Å². The molecule has 3 N–H and O–H groups in total. The molecule has 0 aliphatic heterocycles. The number of hydrogen-bond donors (Lipinski definition) is 2. The number of nitrogens with two attached hydrogens (primary N) is 1. The van der Waals surface area contributed by atoms with E-state index in [1.54, 1.807) is 6.07 Å². The highest BCUT2D eigenvalue weighted by Crippen LogP contribution is 2.25. The first kappa shape index (κ1) is 14.0. The van der Waals surface area contributed by atoms with Gasteiger partial charge in [0.1, 0.15) is 5.75 Å². The van der Waals surface area contributed by atoms with E-state index in [1.165, 1.54) is 31.2 Å². The van der Waals surface area contributed by atoms with Crippen LogP contribution in [-0.4, -0.2) is 5.11 Å². The fourth-order valence-corrected chi connectivity index (χ4v) is 2.30. The predicted molar refractivity (Wildman–Crippen MR) is 73.0 cm³/mol. The molecule has 0 bridgehead atoms. The van der Waals surface area contributed by atoms with Gasteiger partial charge >= 0.3 is 0 Å². The minimum absolute atomic E-state index is 0.343. The summed E-state index contributed by atoms with van der Waals surface area (Å²) in [4.78, 5) is 0. The molecule has 0 amide bonds. The Labute approximate surface area is 105 Å². The second-order valence-corrected chi connectivity index (χ2v) is 4.74. The van der Waals surface area contributed by atoms with E-state index in [0.29, 0.717) is 18.2 Å². The van der Waals surface area contributed by atoms with Crippen LogP contribution in [0.3, 0.4) is 0 Å². The van der Waals surface area contributed by atoms with E-state index in [0.717, 1.165) is 12.0 Å². The van der Waals surface area contributed by atoms with E-state index in [-0.39, 0.29) is 0 Å². The largest absolute Gasteiger partial charge is 0.508 e. The molecule has 2 heteroatoms. The second kappa shape index (κ2) is 7.33. The van der Waals surface area contributed by atoms with Gasteiger partial charge in [-0.3, -0.25) is 0 Å². The molecular weight excluding hydrogens is 210 g/mol. The molecule has 0 heterocycles. The van der Waals surface area contributed by atoms with Gasteiger partial charge in [0, 0.05) is 12.1 Å². The first-order chi connectivity index (χ1) is 8.22. The molecule has 0 radical (unpaired) electrons.